The molecule has 0 saturated carbocycles. The molecule has 0 atom stereocenters. The van der Waals surface area contributed by atoms with Crippen molar-refractivity contribution in [3.63, 3.8) is 0 Å². The Kier molecular flexibility index (Phi) is 6.10. The number of benzene rings is 3. The third kappa shape index (κ3) is 4.42. The number of hydrogen-bond donors (Lipinski definition) is 2. The first-order valence-electron chi connectivity index (χ1n) is 9.74. The molecule has 0 spiro atoms. The number of para-hydroxylation sites is 1. The molecule has 3 aromatic carbocycles. The number of carbonyl (C=O) groups excluding carboxylic acids is 3. The van der Waals surface area contributed by atoms with Crippen molar-refractivity contribution in [1.82, 2.24) is 0 Å². The Labute approximate surface area is 193 Å². The van der Waals surface area contributed by atoms with Crippen molar-refractivity contribution < 1.29 is 23.5 Å². The minimum Gasteiger partial charge on any atom is -0.497 e. The van der Waals surface area contributed by atoms with E-state index in [0.29, 0.717) is 17.1 Å². The summed E-state index contributed by atoms with van der Waals surface area (Å²) >= 11 is 6.16. The minimum absolute atomic E-state index is 0.0401. The van der Waals surface area contributed by atoms with E-state index in [1.54, 1.807) is 42.5 Å². The normalized spacial score (nSPS) is 13.4. The predicted molar refractivity (Wildman–Crippen MR) is 123 cm³/mol. The van der Waals surface area contributed by atoms with E-state index in [1.165, 1.54) is 37.4 Å². The SMILES string of the molecule is COc1ccc(N2C(=O)C(Cl)=C(Nc3cccc(C(=O)Nc4ccccc4F)c3)C2=O)cc1. The van der Waals surface area contributed by atoms with Gasteiger partial charge in [0.15, 0.2) is 0 Å². The van der Waals surface area contributed by atoms with Gasteiger partial charge in [-0.1, -0.05) is 29.8 Å². The van der Waals surface area contributed by atoms with Crippen molar-refractivity contribution in [2.45, 2.75) is 0 Å². The van der Waals surface area contributed by atoms with Crippen LogP contribution in [0.15, 0.2) is 83.5 Å². The molecule has 0 aromatic heterocycles. The summed E-state index contributed by atoms with van der Waals surface area (Å²) in [5.41, 5.74) is 0.812. The number of anilines is 3. The van der Waals surface area contributed by atoms with Crippen LogP contribution in [-0.4, -0.2) is 24.8 Å². The van der Waals surface area contributed by atoms with Gasteiger partial charge < -0.3 is 15.4 Å². The fourth-order valence-corrected chi connectivity index (χ4v) is 3.43. The smallest absolute Gasteiger partial charge is 0.283 e. The quantitative estimate of drug-likeness (QED) is 0.522. The summed E-state index contributed by atoms with van der Waals surface area (Å²) in [6.45, 7) is 0. The lowest BCUT2D eigenvalue weighted by molar-refractivity contribution is -0.120. The van der Waals surface area contributed by atoms with Gasteiger partial charge in [0.25, 0.3) is 17.7 Å². The van der Waals surface area contributed by atoms with Gasteiger partial charge in [-0.25, -0.2) is 9.29 Å². The maximum atomic E-state index is 13.8. The van der Waals surface area contributed by atoms with Crippen LogP contribution in [-0.2, 0) is 9.59 Å². The van der Waals surface area contributed by atoms with Gasteiger partial charge in [-0.2, -0.15) is 0 Å². The number of halogens is 2. The average Bonchev–Trinajstić information content (AvgIpc) is 3.04. The Balaban J connectivity index is 1.54. The summed E-state index contributed by atoms with van der Waals surface area (Å²) in [4.78, 5) is 39.0. The van der Waals surface area contributed by atoms with Crippen molar-refractivity contribution in [2.24, 2.45) is 0 Å². The van der Waals surface area contributed by atoms with E-state index in [-0.39, 0.29) is 22.0 Å². The van der Waals surface area contributed by atoms with Crippen molar-refractivity contribution in [3.8, 4) is 5.75 Å². The first-order chi connectivity index (χ1) is 15.9. The third-order valence-corrected chi connectivity index (χ3v) is 5.22. The summed E-state index contributed by atoms with van der Waals surface area (Å²) < 4.78 is 18.9. The molecule has 3 amide bonds. The molecule has 3 aromatic rings. The second-order valence-corrected chi connectivity index (χ2v) is 7.35. The van der Waals surface area contributed by atoms with Gasteiger partial charge >= 0.3 is 0 Å². The van der Waals surface area contributed by atoms with E-state index in [2.05, 4.69) is 10.6 Å². The standard InChI is InChI=1S/C24H17ClFN3O4/c1-33-17-11-9-16(10-12-17)29-23(31)20(25)21(24(29)32)27-15-6-4-5-14(13-15)22(30)28-19-8-3-2-7-18(19)26/h2-13,27H,1H3,(H,28,30). The van der Waals surface area contributed by atoms with E-state index in [0.717, 1.165) is 4.90 Å². The number of amides is 3. The molecule has 0 aliphatic carbocycles. The molecule has 0 bridgehead atoms. The largest absolute Gasteiger partial charge is 0.497 e. The van der Waals surface area contributed by atoms with Crippen molar-refractivity contribution in [3.05, 3.63) is 94.9 Å². The van der Waals surface area contributed by atoms with Crippen LogP contribution in [0.25, 0.3) is 0 Å². The Morgan fingerprint density at radius 2 is 1.70 bits per heavy atom. The summed E-state index contributed by atoms with van der Waals surface area (Å²) in [5.74, 6) is -1.86. The van der Waals surface area contributed by atoms with E-state index < -0.39 is 23.5 Å². The van der Waals surface area contributed by atoms with Crippen LogP contribution in [0.4, 0.5) is 21.5 Å². The first kappa shape index (κ1) is 22.0. The van der Waals surface area contributed by atoms with Crippen LogP contribution in [0.3, 0.4) is 0 Å². The molecular formula is C24H17ClFN3O4. The number of nitrogens with zero attached hydrogens (tertiary/aromatic N) is 1. The Hall–Kier alpha value is -4.17. The van der Waals surface area contributed by atoms with Crippen LogP contribution in [0.1, 0.15) is 10.4 Å². The van der Waals surface area contributed by atoms with Gasteiger partial charge in [0.1, 0.15) is 22.3 Å². The van der Waals surface area contributed by atoms with Crippen LogP contribution >= 0.6 is 11.6 Å². The van der Waals surface area contributed by atoms with Gasteiger partial charge in [-0.05, 0) is 54.6 Å². The minimum atomic E-state index is -0.678. The Bertz CT molecular complexity index is 1290. The molecule has 33 heavy (non-hydrogen) atoms. The third-order valence-electron chi connectivity index (χ3n) is 4.87. The Morgan fingerprint density at radius 3 is 2.39 bits per heavy atom. The topological polar surface area (TPSA) is 87.7 Å². The molecular weight excluding hydrogens is 449 g/mol. The number of carbonyl (C=O) groups is 3. The first-order valence-corrected chi connectivity index (χ1v) is 10.1. The number of methoxy groups -OCH3 is 1. The average molecular weight is 466 g/mol. The molecule has 1 aliphatic heterocycles. The highest BCUT2D eigenvalue weighted by atomic mass is 35.5. The molecule has 1 aliphatic rings. The highest BCUT2D eigenvalue weighted by molar-refractivity contribution is 6.53. The molecule has 2 N–H and O–H groups in total. The molecule has 0 fully saturated rings. The summed E-state index contributed by atoms with van der Waals surface area (Å²) in [7, 11) is 1.51. The maximum Gasteiger partial charge on any atom is 0.283 e. The molecule has 4 rings (SSSR count). The van der Waals surface area contributed by atoms with Crippen LogP contribution in [0.2, 0.25) is 0 Å². The number of ether oxygens (including phenoxy) is 1. The molecule has 1 heterocycles. The zero-order valence-corrected chi connectivity index (χ0v) is 18.0. The second-order valence-electron chi connectivity index (χ2n) is 6.97. The van der Waals surface area contributed by atoms with E-state index >= 15 is 0 Å². The molecule has 0 saturated heterocycles. The Morgan fingerprint density at radius 1 is 0.970 bits per heavy atom. The van der Waals surface area contributed by atoms with Crippen LogP contribution in [0, 0.1) is 5.82 Å². The molecule has 9 heteroatoms. The number of imide groups is 1. The van der Waals surface area contributed by atoms with Gasteiger partial charge in [0, 0.05) is 11.3 Å². The maximum absolute atomic E-state index is 13.8. The van der Waals surface area contributed by atoms with Gasteiger partial charge in [-0.15, -0.1) is 0 Å². The second kappa shape index (κ2) is 9.13. The summed E-state index contributed by atoms with van der Waals surface area (Å²) in [6.07, 6.45) is 0. The van der Waals surface area contributed by atoms with Crippen LogP contribution in [0.5, 0.6) is 5.75 Å². The lowest BCUT2D eigenvalue weighted by Gasteiger charge is -2.15. The summed E-state index contributed by atoms with van der Waals surface area (Å²) in [6, 6.07) is 18.3. The lowest BCUT2D eigenvalue weighted by atomic mass is 10.1. The molecule has 0 radical (unpaired) electrons. The van der Waals surface area contributed by atoms with Crippen molar-refractivity contribution >= 4 is 46.4 Å². The fourth-order valence-electron chi connectivity index (χ4n) is 3.22. The number of nitrogens with one attached hydrogen (secondary N) is 2. The van der Waals surface area contributed by atoms with Gasteiger partial charge in [-0.3, -0.25) is 14.4 Å². The zero-order valence-electron chi connectivity index (χ0n) is 17.3. The monoisotopic (exact) mass is 465 g/mol. The van der Waals surface area contributed by atoms with E-state index in [1.807, 2.05) is 0 Å². The van der Waals surface area contributed by atoms with Gasteiger partial charge in [0.05, 0.1) is 18.5 Å². The van der Waals surface area contributed by atoms with E-state index in [9.17, 15) is 18.8 Å². The fraction of sp³-hybridized carbons (Fsp3) is 0.0417. The van der Waals surface area contributed by atoms with Crippen LogP contribution < -0.4 is 20.3 Å². The predicted octanol–water partition coefficient (Wildman–Crippen LogP) is 4.52. The highest BCUT2D eigenvalue weighted by Gasteiger charge is 2.39. The van der Waals surface area contributed by atoms with Gasteiger partial charge in [0.2, 0.25) is 0 Å². The molecule has 0 unspecified atom stereocenters. The number of rotatable bonds is 6. The summed E-state index contributed by atoms with van der Waals surface area (Å²) in [5, 5.41) is 5.03. The molecule has 7 nitrogen and oxygen atoms in total. The number of hydrogen-bond acceptors (Lipinski definition) is 5. The van der Waals surface area contributed by atoms with E-state index in [4.69, 9.17) is 16.3 Å². The lowest BCUT2D eigenvalue weighted by Crippen LogP contribution is -2.32. The van der Waals surface area contributed by atoms with Crippen molar-refractivity contribution in [1.29, 1.82) is 0 Å². The zero-order chi connectivity index (χ0) is 23.5. The highest BCUT2D eigenvalue weighted by Crippen LogP contribution is 2.31. The molecule has 166 valence electrons. The van der Waals surface area contributed by atoms with Crippen molar-refractivity contribution in [2.75, 3.05) is 22.6 Å².